The van der Waals surface area contributed by atoms with Crippen molar-refractivity contribution in [2.75, 3.05) is 65.6 Å². The Labute approximate surface area is 86.2 Å². The first-order valence-corrected chi connectivity index (χ1v) is 6.02. The molecule has 4 nitrogen and oxygen atoms in total. The molecule has 2 saturated heterocycles. The van der Waals surface area contributed by atoms with Crippen LogP contribution in [0.25, 0.3) is 0 Å². The third kappa shape index (κ3) is 3.20. The molecule has 0 aromatic carbocycles. The predicted octanol–water partition coefficient (Wildman–Crippen LogP) is -4.64. The topological polar surface area (TPSA) is 34.7 Å². The number of piperazine rings is 1. The molecule has 0 aromatic heterocycles. The van der Waals surface area contributed by atoms with E-state index in [1.807, 2.05) is 4.90 Å². The first-order valence-electron chi connectivity index (χ1n) is 6.02. The van der Waals surface area contributed by atoms with Crippen LogP contribution in [0.15, 0.2) is 0 Å². The zero-order chi connectivity index (χ0) is 9.64. The van der Waals surface area contributed by atoms with Crippen LogP contribution in [-0.4, -0.2) is 65.6 Å². The minimum absolute atomic E-state index is 0.971. The summed E-state index contributed by atoms with van der Waals surface area (Å²) in [4.78, 5) is 3.56. The van der Waals surface area contributed by atoms with Gasteiger partial charge < -0.3 is 19.9 Å². The quantitative estimate of drug-likeness (QED) is 0.423. The maximum atomic E-state index is 5.36. The van der Waals surface area contributed by atoms with Gasteiger partial charge in [-0.05, 0) is 0 Å². The van der Waals surface area contributed by atoms with E-state index in [1.165, 1.54) is 52.4 Å². The molecule has 0 amide bonds. The Bertz CT molecular complexity index is 135. The molecule has 4 heteroatoms. The molecule has 14 heavy (non-hydrogen) atoms. The van der Waals surface area contributed by atoms with Gasteiger partial charge in [0.05, 0.1) is 13.2 Å². The molecule has 0 unspecified atom stereocenters. The Hall–Kier alpha value is -0.160. The Balaban J connectivity index is 1.60. The molecule has 2 fully saturated rings. The third-order valence-electron chi connectivity index (χ3n) is 3.44. The number of rotatable bonds is 3. The molecule has 0 atom stereocenters. The molecular formula is C10H24N3O+3. The highest BCUT2D eigenvalue weighted by molar-refractivity contribution is 4.40. The maximum absolute atomic E-state index is 5.36. The fraction of sp³-hybridized carbons (Fsp3) is 1.00. The summed E-state index contributed by atoms with van der Waals surface area (Å²) in [5.74, 6) is 0. The van der Waals surface area contributed by atoms with Gasteiger partial charge in [0, 0.05) is 0 Å². The lowest BCUT2D eigenvalue weighted by molar-refractivity contribution is -0.982. The summed E-state index contributed by atoms with van der Waals surface area (Å²) in [5, 5.41) is 2.44. The van der Waals surface area contributed by atoms with Crippen molar-refractivity contribution in [1.29, 1.82) is 0 Å². The summed E-state index contributed by atoms with van der Waals surface area (Å²) in [7, 11) is 0. The van der Waals surface area contributed by atoms with Gasteiger partial charge in [-0.15, -0.1) is 0 Å². The number of nitrogens with one attached hydrogen (secondary N) is 2. The van der Waals surface area contributed by atoms with E-state index in [1.54, 1.807) is 4.90 Å². The predicted molar refractivity (Wildman–Crippen MR) is 53.6 cm³/mol. The van der Waals surface area contributed by atoms with Gasteiger partial charge in [-0.2, -0.15) is 0 Å². The molecule has 0 aromatic rings. The van der Waals surface area contributed by atoms with E-state index < -0.39 is 0 Å². The fourth-order valence-corrected chi connectivity index (χ4v) is 2.40. The maximum Gasteiger partial charge on any atom is 0.127 e. The van der Waals surface area contributed by atoms with Gasteiger partial charge in [0.2, 0.25) is 0 Å². The van der Waals surface area contributed by atoms with Crippen LogP contribution in [0.5, 0.6) is 0 Å². The zero-order valence-corrected chi connectivity index (χ0v) is 9.06. The van der Waals surface area contributed by atoms with E-state index in [0.29, 0.717) is 0 Å². The van der Waals surface area contributed by atoms with Crippen LogP contribution >= 0.6 is 0 Å². The molecule has 2 heterocycles. The van der Waals surface area contributed by atoms with Crippen LogP contribution in [0.4, 0.5) is 0 Å². The van der Waals surface area contributed by atoms with Crippen molar-refractivity contribution in [2.45, 2.75) is 0 Å². The highest BCUT2D eigenvalue weighted by atomic mass is 16.5. The Kier molecular flexibility index (Phi) is 4.19. The third-order valence-corrected chi connectivity index (χ3v) is 3.44. The molecular weight excluding hydrogens is 178 g/mol. The number of quaternary nitrogens is 3. The fourth-order valence-electron chi connectivity index (χ4n) is 2.40. The number of hydrogen-bond acceptors (Lipinski definition) is 1. The summed E-state index contributed by atoms with van der Waals surface area (Å²) in [6.07, 6.45) is 0. The SMILES string of the molecule is C1C[NH+](CC[NH+]2CCOCC2)CC[NH2+]1. The van der Waals surface area contributed by atoms with Crippen molar-refractivity contribution < 1.29 is 19.9 Å². The lowest BCUT2D eigenvalue weighted by Gasteiger charge is -2.27. The molecule has 0 saturated carbocycles. The Morgan fingerprint density at radius 2 is 1.43 bits per heavy atom. The van der Waals surface area contributed by atoms with E-state index in [2.05, 4.69) is 5.32 Å². The van der Waals surface area contributed by atoms with Crippen LogP contribution in [0, 0.1) is 0 Å². The van der Waals surface area contributed by atoms with Crippen LogP contribution in [-0.2, 0) is 4.74 Å². The van der Waals surface area contributed by atoms with Gasteiger partial charge >= 0.3 is 0 Å². The average molecular weight is 202 g/mol. The first-order chi connectivity index (χ1) is 6.95. The highest BCUT2D eigenvalue weighted by Crippen LogP contribution is 1.73. The highest BCUT2D eigenvalue weighted by Gasteiger charge is 2.19. The van der Waals surface area contributed by atoms with Crippen molar-refractivity contribution in [1.82, 2.24) is 0 Å². The number of ether oxygens (including phenoxy) is 1. The van der Waals surface area contributed by atoms with Crippen molar-refractivity contribution in [3.63, 3.8) is 0 Å². The monoisotopic (exact) mass is 202 g/mol. The van der Waals surface area contributed by atoms with Crippen molar-refractivity contribution in [2.24, 2.45) is 0 Å². The Morgan fingerprint density at radius 1 is 0.857 bits per heavy atom. The van der Waals surface area contributed by atoms with E-state index in [4.69, 9.17) is 4.74 Å². The molecule has 4 N–H and O–H groups in total. The Morgan fingerprint density at radius 3 is 2.07 bits per heavy atom. The molecule has 2 aliphatic heterocycles. The lowest BCUT2D eigenvalue weighted by Crippen LogP contribution is -3.25. The van der Waals surface area contributed by atoms with E-state index in [0.717, 1.165) is 13.2 Å². The van der Waals surface area contributed by atoms with Gasteiger partial charge in [-0.25, -0.2) is 0 Å². The molecule has 0 radical (unpaired) electrons. The minimum Gasteiger partial charge on any atom is -0.370 e. The van der Waals surface area contributed by atoms with Gasteiger partial charge in [0.25, 0.3) is 0 Å². The normalized spacial score (nSPS) is 26.6. The number of nitrogens with two attached hydrogens (primary N) is 1. The largest absolute Gasteiger partial charge is 0.370 e. The molecule has 0 spiro atoms. The van der Waals surface area contributed by atoms with E-state index >= 15 is 0 Å². The molecule has 0 bridgehead atoms. The standard InChI is InChI=1S/C10H21N3O/c1-3-12(4-2-11-1)5-6-13-7-9-14-10-8-13/h11H,1-10H2/p+3. The summed E-state index contributed by atoms with van der Waals surface area (Å²) in [6, 6.07) is 0. The summed E-state index contributed by atoms with van der Waals surface area (Å²) in [6.45, 7) is 12.5. The summed E-state index contributed by atoms with van der Waals surface area (Å²) >= 11 is 0. The average Bonchev–Trinajstić information content (AvgIpc) is 2.29. The van der Waals surface area contributed by atoms with Crippen LogP contribution in [0.3, 0.4) is 0 Å². The minimum atomic E-state index is 0.971. The van der Waals surface area contributed by atoms with Gasteiger partial charge in [-0.3, -0.25) is 0 Å². The van der Waals surface area contributed by atoms with Gasteiger partial charge in [0.15, 0.2) is 0 Å². The molecule has 0 aliphatic carbocycles. The van der Waals surface area contributed by atoms with E-state index in [9.17, 15) is 0 Å². The second kappa shape index (κ2) is 5.66. The number of morpholine rings is 1. The van der Waals surface area contributed by atoms with Crippen molar-refractivity contribution >= 4 is 0 Å². The van der Waals surface area contributed by atoms with Crippen LogP contribution in [0.2, 0.25) is 0 Å². The van der Waals surface area contributed by atoms with Crippen LogP contribution in [0.1, 0.15) is 0 Å². The second-order valence-electron chi connectivity index (χ2n) is 4.48. The van der Waals surface area contributed by atoms with Crippen molar-refractivity contribution in [3.05, 3.63) is 0 Å². The summed E-state index contributed by atoms with van der Waals surface area (Å²) < 4.78 is 5.36. The molecule has 2 aliphatic rings. The molecule has 82 valence electrons. The zero-order valence-electron chi connectivity index (χ0n) is 9.06. The van der Waals surface area contributed by atoms with Gasteiger partial charge in [0.1, 0.15) is 52.4 Å². The number of hydrogen-bond donors (Lipinski definition) is 3. The lowest BCUT2D eigenvalue weighted by atomic mass is 10.3. The van der Waals surface area contributed by atoms with E-state index in [-0.39, 0.29) is 0 Å². The molecule has 2 rings (SSSR count). The van der Waals surface area contributed by atoms with Gasteiger partial charge in [-0.1, -0.05) is 0 Å². The van der Waals surface area contributed by atoms with Crippen LogP contribution < -0.4 is 15.1 Å². The summed E-state index contributed by atoms with van der Waals surface area (Å²) in [5.41, 5.74) is 0. The smallest absolute Gasteiger partial charge is 0.127 e. The van der Waals surface area contributed by atoms with Crippen molar-refractivity contribution in [3.8, 4) is 0 Å². The first kappa shape index (κ1) is 10.4. The second-order valence-corrected chi connectivity index (χ2v) is 4.48.